The van der Waals surface area contributed by atoms with E-state index >= 15 is 0 Å². The maximum absolute atomic E-state index is 8.46. The van der Waals surface area contributed by atoms with E-state index in [1.165, 1.54) is 38.5 Å². The first-order valence-corrected chi connectivity index (χ1v) is 8.01. The Labute approximate surface area is 96.5 Å². The summed E-state index contributed by atoms with van der Waals surface area (Å²) < 4.78 is 8.46. The smallest absolute Gasteiger partial charge is 0.310 e. The molecule has 2 nitrogen and oxygen atoms in total. The van der Waals surface area contributed by atoms with Crippen LogP contribution < -0.4 is 0 Å². The van der Waals surface area contributed by atoms with Gasteiger partial charge < -0.3 is 4.89 Å². The second kappa shape index (κ2) is 19.2. The summed E-state index contributed by atoms with van der Waals surface area (Å²) >= 11 is 0.811. The topological polar surface area (TPSA) is 37.3 Å². The zero-order chi connectivity index (χ0) is 11.1. The van der Waals surface area contributed by atoms with Gasteiger partial charge in [0.15, 0.2) is 0 Å². The minimum Gasteiger partial charge on any atom is -0.310 e. The fraction of sp³-hybridized carbons (Fsp3) is 1.00. The molecule has 0 aromatic rings. The summed E-state index contributed by atoms with van der Waals surface area (Å²) in [4.78, 5) is 6.99. The van der Waals surface area contributed by atoms with Gasteiger partial charge in [-0.05, 0) is 0 Å². The van der Waals surface area contributed by atoms with Crippen molar-refractivity contribution in [3.05, 3.63) is 0 Å². The second-order valence-electron chi connectivity index (χ2n) is 3.36. The number of hydrogen-bond acceptors (Lipinski definition) is 1. The van der Waals surface area contributed by atoms with Gasteiger partial charge in [0, 0.05) is 0 Å². The molecule has 0 aliphatic rings. The molecule has 0 spiro atoms. The van der Waals surface area contributed by atoms with E-state index < -0.39 is 8.69 Å². The third-order valence-electron chi connectivity index (χ3n) is 2.02. The molecule has 0 amide bonds. The molecule has 0 radical (unpaired) electrons. The molecule has 0 saturated carbocycles. The van der Waals surface area contributed by atoms with E-state index in [1.807, 2.05) is 0 Å². The number of hydrogen-bond donors (Lipinski definition) is 1. The molecule has 0 unspecified atom stereocenters. The standard InChI is InChI=1S/C6H13.C4H9.Al.HO2P/c1-3-5-6-4-2;1-3-4-2;;1-3-2/h1,3-6H2,2H3;1,3-4H2,2H3;;(H,1,2)/q;;+1;. The summed E-state index contributed by atoms with van der Waals surface area (Å²) in [6.07, 6.45) is 8.69. The van der Waals surface area contributed by atoms with Gasteiger partial charge >= 0.3 is 86.8 Å². The van der Waals surface area contributed by atoms with Crippen LogP contribution in [0.1, 0.15) is 52.4 Å². The minimum absolute atomic E-state index is 0.811. The number of rotatable bonds is 8. The summed E-state index contributed by atoms with van der Waals surface area (Å²) in [6.45, 7) is 4.57. The molecule has 0 bridgehead atoms. The van der Waals surface area contributed by atoms with E-state index in [4.69, 9.17) is 9.46 Å². The molecule has 4 heteroatoms. The molecule has 14 heavy (non-hydrogen) atoms. The fourth-order valence-electron chi connectivity index (χ4n) is 1.21. The van der Waals surface area contributed by atoms with Crippen LogP contribution in [0, 0.1) is 0 Å². The monoisotopic (exact) mass is 233 g/mol. The molecular weight excluding hydrogens is 210 g/mol. The van der Waals surface area contributed by atoms with Gasteiger partial charge in [-0.1, -0.05) is 0 Å². The molecule has 0 saturated heterocycles. The van der Waals surface area contributed by atoms with E-state index in [2.05, 4.69) is 13.8 Å². The Bertz CT molecular complexity index is 94.1. The molecule has 0 heterocycles. The Morgan fingerprint density at radius 2 is 1.50 bits per heavy atom. The average Bonchev–Trinajstić information content (AvgIpc) is 2.18. The molecule has 82 valence electrons. The van der Waals surface area contributed by atoms with Gasteiger partial charge in [0.1, 0.15) is 0 Å². The molecule has 0 aliphatic carbocycles. The molecular formula is C10H23AlO2P+. The largest absolute Gasteiger partial charge is 0.324 e. The van der Waals surface area contributed by atoms with Crippen molar-refractivity contribution in [1.82, 2.24) is 0 Å². The van der Waals surface area contributed by atoms with Crippen molar-refractivity contribution in [2.24, 2.45) is 0 Å². The van der Waals surface area contributed by atoms with Crippen molar-refractivity contribution < 1.29 is 9.46 Å². The van der Waals surface area contributed by atoms with Gasteiger partial charge in [-0.25, -0.2) is 4.57 Å². The van der Waals surface area contributed by atoms with E-state index in [1.54, 1.807) is 10.6 Å². The SMILES string of the molecule is CCCCC[CH2][Al+][CH2]CCC.O=PO. The van der Waals surface area contributed by atoms with Gasteiger partial charge in [-0.15, -0.1) is 0 Å². The van der Waals surface area contributed by atoms with Crippen LogP contribution in [0.5, 0.6) is 0 Å². The van der Waals surface area contributed by atoms with E-state index in [0.717, 1.165) is 15.2 Å². The van der Waals surface area contributed by atoms with Crippen molar-refractivity contribution in [2.75, 3.05) is 0 Å². The second-order valence-corrected chi connectivity index (χ2v) is 5.26. The third kappa shape index (κ3) is 22.9. The number of unbranched alkanes of at least 4 members (excludes halogenated alkanes) is 4. The van der Waals surface area contributed by atoms with Crippen LogP contribution in [0.4, 0.5) is 0 Å². The van der Waals surface area contributed by atoms with Crippen LogP contribution in [0.25, 0.3) is 0 Å². The van der Waals surface area contributed by atoms with Crippen LogP contribution in [0.15, 0.2) is 0 Å². The maximum Gasteiger partial charge on any atom is 0.324 e. The predicted molar refractivity (Wildman–Crippen MR) is 64.2 cm³/mol. The molecule has 1 N–H and O–H groups in total. The summed E-state index contributed by atoms with van der Waals surface area (Å²) in [5.41, 5.74) is 0. The van der Waals surface area contributed by atoms with Crippen molar-refractivity contribution in [3.8, 4) is 0 Å². The van der Waals surface area contributed by atoms with Crippen LogP contribution in [0.3, 0.4) is 0 Å². The average molecular weight is 233 g/mol. The summed E-state index contributed by atoms with van der Waals surface area (Å²) in [5.74, 6) is 0. The molecule has 0 aromatic carbocycles. The van der Waals surface area contributed by atoms with Crippen LogP contribution >= 0.6 is 8.69 Å². The van der Waals surface area contributed by atoms with Crippen molar-refractivity contribution in [2.45, 2.75) is 62.9 Å². The minimum atomic E-state index is -0.833. The van der Waals surface area contributed by atoms with E-state index in [0.29, 0.717) is 0 Å². The Balaban J connectivity index is 0. The fourth-order valence-corrected chi connectivity index (χ4v) is 2.77. The summed E-state index contributed by atoms with van der Waals surface area (Å²) in [5, 5.41) is 3.10. The van der Waals surface area contributed by atoms with E-state index in [9.17, 15) is 0 Å². The molecule has 0 aliphatic heterocycles. The van der Waals surface area contributed by atoms with Gasteiger partial charge in [0.2, 0.25) is 0 Å². The molecule has 0 aromatic heterocycles. The molecule has 0 rings (SSSR count). The van der Waals surface area contributed by atoms with Gasteiger partial charge in [0.05, 0.1) is 0 Å². The first-order valence-electron chi connectivity index (χ1n) is 5.61. The van der Waals surface area contributed by atoms with Gasteiger partial charge in [0.25, 0.3) is 0 Å². The molecule has 0 fully saturated rings. The first kappa shape index (κ1) is 17.0. The van der Waals surface area contributed by atoms with Crippen LogP contribution in [-0.2, 0) is 4.57 Å². The van der Waals surface area contributed by atoms with Gasteiger partial charge in [-0.2, -0.15) is 0 Å². The Kier molecular flexibility index (Phi) is 23.3. The van der Waals surface area contributed by atoms with Crippen molar-refractivity contribution in [1.29, 1.82) is 0 Å². The predicted octanol–water partition coefficient (Wildman–Crippen LogP) is 4.09. The third-order valence-corrected chi connectivity index (χ3v) is 3.66. The summed E-state index contributed by atoms with van der Waals surface area (Å²) in [7, 11) is -0.833. The van der Waals surface area contributed by atoms with Gasteiger partial charge in [-0.3, -0.25) is 0 Å². The Hall–Kier alpha value is 0.592. The van der Waals surface area contributed by atoms with Crippen molar-refractivity contribution in [3.63, 3.8) is 0 Å². The zero-order valence-corrected chi connectivity index (χ0v) is 11.6. The Morgan fingerprint density at radius 1 is 1.00 bits per heavy atom. The Morgan fingerprint density at radius 3 is 2.00 bits per heavy atom. The normalized spacial score (nSPS) is 9.07. The van der Waals surface area contributed by atoms with Crippen molar-refractivity contribution >= 4 is 23.9 Å². The quantitative estimate of drug-likeness (QED) is 0.389. The van der Waals surface area contributed by atoms with Crippen LogP contribution in [0.2, 0.25) is 10.6 Å². The van der Waals surface area contributed by atoms with Crippen LogP contribution in [-0.4, -0.2) is 20.1 Å². The maximum atomic E-state index is 8.46. The summed E-state index contributed by atoms with van der Waals surface area (Å²) in [6, 6.07) is 0. The molecule has 0 atom stereocenters. The van der Waals surface area contributed by atoms with E-state index in [-0.39, 0.29) is 0 Å². The first-order chi connectivity index (χ1) is 6.83. The zero-order valence-electron chi connectivity index (χ0n) is 9.54.